The molecule has 1 saturated carbocycles. The van der Waals surface area contributed by atoms with Crippen molar-refractivity contribution in [3.05, 3.63) is 15.8 Å². The van der Waals surface area contributed by atoms with E-state index in [4.69, 9.17) is 0 Å². The molecule has 2 rings (SSSR count). The molecule has 0 aromatic carbocycles. The number of anilines is 1. The summed E-state index contributed by atoms with van der Waals surface area (Å²) >= 11 is 0. The van der Waals surface area contributed by atoms with Gasteiger partial charge in [-0.15, -0.1) is 0 Å². The van der Waals surface area contributed by atoms with Gasteiger partial charge in [0.05, 0.1) is 11.0 Å². The van der Waals surface area contributed by atoms with E-state index >= 15 is 0 Å². The van der Waals surface area contributed by atoms with Gasteiger partial charge in [0, 0.05) is 12.6 Å². The zero-order valence-electron chi connectivity index (χ0n) is 12.0. The Labute approximate surface area is 118 Å². The molecule has 1 aliphatic carbocycles. The van der Waals surface area contributed by atoms with Crippen molar-refractivity contribution < 1.29 is 10.0 Å². The van der Waals surface area contributed by atoms with Crippen molar-refractivity contribution in [3.8, 4) is 0 Å². The summed E-state index contributed by atoms with van der Waals surface area (Å²) in [6.07, 6.45) is 3.78. The third-order valence-electron chi connectivity index (χ3n) is 3.75. The minimum atomic E-state index is -0.367. The average Bonchev–Trinajstić information content (AvgIpc) is 2.69. The molecule has 0 bridgehead atoms. The number of aliphatic hydroxyl groups excluding tert-OH is 1. The van der Waals surface area contributed by atoms with Crippen LogP contribution in [0.4, 0.5) is 11.5 Å². The van der Waals surface area contributed by atoms with E-state index in [-0.39, 0.29) is 22.8 Å². The summed E-state index contributed by atoms with van der Waals surface area (Å²) in [4.78, 5) is 10.9. The summed E-state index contributed by atoms with van der Waals surface area (Å²) in [6.45, 7) is 4.34. The molecule has 0 amide bonds. The van der Waals surface area contributed by atoms with Crippen LogP contribution in [-0.4, -0.2) is 32.0 Å². The van der Waals surface area contributed by atoms with Gasteiger partial charge in [0.25, 0.3) is 0 Å². The number of nitrogens with zero attached hydrogens (tertiary/aromatic N) is 3. The lowest BCUT2D eigenvalue weighted by molar-refractivity contribution is -0.384. The Hall–Kier alpha value is -1.63. The first-order valence-electron chi connectivity index (χ1n) is 7.19. The lowest BCUT2D eigenvalue weighted by Gasteiger charge is -2.26. The molecule has 1 aliphatic rings. The molecule has 0 aliphatic heterocycles. The number of hydrogen-bond donors (Lipinski definition) is 2. The highest BCUT2D eigenvalue weighted by atomic mass is 16.6. The van der Waals surface area contributed by atoms with Crippen LogP contribution in [0.2, 0.25) is 0 Å². The third kappa shape index (κ3) is 3.09. The van der Waals surface area contributed by atoms with Crippen molar-refractivity contribution in [3.63, 3.8) is 0 Å². The SMILES string of the molecule is CCCn1nc(C)c([N+](=O)[O-])c1NC1CCC(O)CC1. The van der Waals surface area contributed by atoms with Crippen LogP contribution in [-0.2, 0) is 6.54 Å². The normalized spacial score (nSPS) is 22.8. The second kappa shape index (κ2) is 6.21. The quantitative estimate of drug-likeness (QED) is 0.638. The van der Waals surface area contributed by atoms with Gasteiger partial charge in [-0.05, 0) is 39.0 Å². The zero-order valence-corrected chi connectivity index (χ0v) is 12.0. The monoisotopic (exact) mass is 282 g/mol. The van der Waals surface area contributed by atoms with Crippen LogP contribution < -0.4 is 5.32 Å². The number of aliphatic hydroxyl groups is 1. The Balaban J connectivity index is 2.21. The molecule has 0 saturated heterocycles. The summed E-state index contributed by atoms with van der Waals surface area (Å²) in [5.74, 6) is 0.510. The largest absolute Gasteiger partial charge is 0.393 e. The van der Waals surface area contributed by atoms with Crippen molar-refractivity contribution in [2.75, 3.05) is 5.32 Å². The van der Waals surface area contributed by atoms with Crippen molar-refractivity contribution in [1.82, 2.24) is 9.78 Å². The molecule has 1 fully saturated rings. The molecule has 1 aromatic rings. The fourth-order valence-electron chi connectivity index (χ4n) is 2.72. The molecule has 0 atom stereocenters. The highest BCUT2D eigenvalue weighted by Gasteiger charge is 2.28. The number of nitrogens with one attached hydrogen (secondary N) is 1. The molecule has 0 unspecified atom stereocenters. The van der Waals surface area contributed by atoms with Crippen LogP contribution in [0.25, 0.3) is 0 Å². The smallest absolute Gasteiger partial charge is 0.333 e. The summed E-state index contributed by atoms with van der Waals surface area (Å²) in [6, 6.07) is 0.170. The van der Waals surface area contributed by atoms with E-state index in [0.717, 1.165) is 32.1 Å². The lowest BCUT2D eigenvalue weighted by Crippen LogP contribution is -2.29. The van der Waals surface area contributed by atoms with Crippen molar-refractivity contribution >= 4 is 11.5 Å². The van der Waals surface area contributed by atoms with Gasteiger partial charge in [0.15, 0.2) is 0 Å². The molecule has 0 spiro atoms. The predicted molar refractivity (Wildman–Crippen MR) is 75.8 cm³/mol. The van der Waals surface area contributed by atoms with E-state index in [1.807, 2.05) is 6.92 Å². The van der Waals surface area contributed by atoms with Gasteiger partial charge in [0.1, 0.15) is 5.69 Å². The molecule has 112 valence electrons. The Bertz CT molecular complexity index is 478. The number of aryl methyl sites for hydroxylation is 2. The van der Waals surface area contributed by atoms with Crippen LogP contribution in [0.15, 0.2) is 0 Å². The predicted octanol–water partition coefficient (Wildman–Crippen LogP) is 2.23. The topological polar surface area (TPSA) is 93.2 Å². The Morgan fingerprint density at radius 2 is 2.10 bits per heavy atom. The second-order valence-electron chi connectivity index (χ2n) is 5.41. The molecule has 20 heavy (non-hydrogen) atoms. The van der Waals surface area contributed by atoms with Crippen LogP contribution >= 0.6 is 0 Å². The number of aromatic nitrogens is 2. The number of rotatable bonds is 5. The third-order valence-corrected chi connectivity index (χ3v) is 3.75. The van der Waals surface area contributed by atoms with Crippen LogP contribution in [0.3, 0.4) is 0 Å². The molecule has 7 heteroatoms. The van der Waals surface area contributed by atoms with Gasteiger partial charge in [-0.1, -0.05) is 6.92 Å². The maximum absolute atomic E-state index is 11.2. The van der Waals surface area contributed by atoms with Gasteiger partial charge < -0.3 is 10.4 Å². The fraction of sp³-hybridized carbons (Fsp3) is 0.769. The highest BCUT2D eigenvalue weighted by molar-refractivity contribution is 5.60. The zero-order chi connectivity index (χ0) is 14.7. The maximum Gasteiger partial charge on any atom is 0.333 e. The van der Waals surface area contributed by atoms with Crippen LogP contribution in [0, 0.1) is 17.0 Å². The van der Waals surface area contributed by atoms with Crippen molar-refractivity contribution in [2.24, 2.45) is 0 Å². The van der Waals surface area contributed by atoms with Crippen LogP contribution in [0.1, 0.15) is 44.7 Å². The molecule has 2 N–H and O–H groups in total. The molecule has 7 nitrogen and oxygen atoms in total. The number of hydrogen-bond acceptors (Lipinski definition) is 5. The standard InChI is InChI=1S/C13H22N4O3/c1-3-8-16-13(12(17(19)20)9(2)15-16)14-10-4-6-11(18)7-5-10/h10-11,14,18H,3-8H2,1-2H3. The van der Waals surface area contributed by atoms with E-state index in [1.165, 1.54) is 0 Å². The summed E-state index contributed by atoms with van der Waals surface area (Å²) in [5, 5.41) is 28.3. The second-order valence-corrected chi connectivity index (χ2v) is 5.41. The molecule has 1 aromatic heterocycles. The minimum absolute atomic E-state index is 0.0737. The van der Waals surface area contributed by atoms with E-state index in [1.54, 1.807) is 11.6 Å². The highest BCUT2D eigenvalue weighted by Crippen LogP contribution is 2.31. The first-order chi connectivity index (χ1) is 9.52. The summed E-state index contributed by atoms with van der Waals surface area (Å²) in [7, 11) is 0. The van der Waals surface area contributed by atoms with Gasteiger partial charge in [0.2, 0.25) is 5.82 Å². The van der Waals surface area contributed by atoms with Crippen molar-refractivity contribution in [1.29, 1.82) is 0 Å². The van der Waals surface area contributed by atoms with Crippen LogP contribution in [0.5, 0.6) is 0 Å². The summed E-state index contributed by atoms with van der Waals surface area (Å²) < 4.78 is 1.69. The average molecular weight is 282 g/mol. The van der Waals surface area contributed by atoms with Gasteiger partial charge in [-0.25, -0.2) is 4.68 Å². The van der Waals surface area contributed by atoms with Gasteiger partial charge in [-0.2, -0.15) is 5.10 Å². The minimum Gasteiger partial charge on any atom is -0.393 e. The first kappa shape index (κ1) is 14.8. The first-order valence-corrected chi connectivity index (χ1v) is 7.19. The molecular weight excluding hydrogens is 260 g/mol. The maximum atomic E-state index is 11.2. The van der Waals surface area contributed by atoms with E-state index < -0.39 is 0 Å². The van der Waals surface area contributed by atoms with Gasteiger partial charge >= 0.3 is 5.69 Å². The van der Waals surface area contributed by atoms with E-state index in [2.05, 4.69) is 10.4 Å². The number of nitro groups is 1. The van der Waals surface area contributed by atoms with E-state index in [9.17, 15) is 15.2 Å². The fourth-order valence-corrected chi connectivity index (χ4v) is 2.72. The Morgan fingerprint density at radius 1 is 1.45 bits per heavy atom. The summed E-state index contributed by atoms with van der Waals surface area (Å²) in [5.41, 5.74) is 0.520. The Kier molecular flexibility index (Phi) is 4.59. The molecule has 1 heterocycles. The van der Waals surface area contributed by atoms with E-state index in [0.29, 0.717) is 18.1 Å². The van der Waals surface area contributed by atoms with Crippen molar-refractivity contribution in [2.45, 2.75) is 64.6 Å². The molecular formula is C13H22N4O3. The van der Waals surface area contributed by atoms with Gasteiger partial charge in [-0.3, -0.25) is 10.1 Å². The Morgan fingerprint density at radius 3 is 2.65 bits per heavy atom. The molecule has 0 radical (unpaired) electrons. The lowest BCUT2D eigenvalue weighted by atomic mass is 9.93.